The summed E-state index contributed by atoms with van der Waals surface area (Å²) in [7, 11) is 0. The van der Waals surface area contributed by atoms with E-state index in [1.54, 1.807) is 0 Å². The summed E-state index contributed by atoms with van der Waals surface area (Å²) in [5, 5.41) is 9.43. The van der Waals surface area contributed by atoms with Crippen molar-refractivity contribution >= 4 is 5.91 Å². The monoisotopic (exact) mass is 260 g/mol. The second-order valence-electron chi connectivity index (χ2n) is 6.90. The zero-order valence-corrected chi connectivity index (χ0v) is 11.8. The summed E-state index contributed by atoms with van der Waals surface area (Å²) in [5.41, 5.74) is -0.119. The van der Waals surface area contributed by atoms with E-state index in [9.17, 15) is 10.1 Å². The number of carbonyl (C=O) groups is 1. The van der Waals surface area contributed by atoms with Gasteiger partial charge in [-0.05, 0) is 43.9 Å². The fourth-order valence-electron chi connectivity index (χ4n) is 4.46. The zero-order chi connectivity index (χ0) is 13.3. The van der Waals surface area contributed by atoms with Gasteiger partial charge >= 0.3 is 0 Å². The lowest BCUT2D eigenvalue weighted by molar-refractivity contribution is -0.141. The van der Waals surface area contributed by atoms with Crippen LogP contribution in [0.1, 0.15) is 64.2 Å². The minimum absolute atomic E-state index is 0.139. The first-order valence-electron chi connectivity index (χ1n) is 7.91. The molecule has 1 heterocycles. The minimum Gasteiger partial charge on any atom is -0.341 e. The van der Waals surface area contributed by atoms with Gasteiger partial charge in [0, 0.05) is 13.1 Å². The number of hydrogen-bond donors (Lipinski definition) is 0. The maximum Gasteiger partial charge on any atom is 0.243 e. The molecule has 3 heteroatoms. The Bertz CT molecular complexity index is 387. The molecule has 3 fully saturated rings. The summed E-state index contributed by atoms with van der Waals surface area (Å²) in [4.78, 5) is 14.7. The Hall–Kier alpha value is -1.04. The molecular weight excluding hydrogens is 236 g/mol. The Morgan fingerprint density at radius 3 is 1.95 bits per heavy atom. The van der Waals surface area contributed by atoms with Crippen molar-refractivity contribution in [3.63, 3.8) is 0 Å². The number of piperidine rings is 1. The molecular formula is C16H24N2O. The molecule has 1 spiro atoms. The first-order chi connectivity index (χ1) is 9.20. The van der Waals surface area contributed by atoms with Crippen molar-refractivity contribution in [2.75, 3.05) is 13.1 Å². The number of amides is 1. The lowest BCUT2D eigenvalue weighted by Crippen LogP contribution is -2.48. The van der Waals surface area contributed by atoms with E-state index < -0.39 is 5.41 Å². The highest BCUT2D eigenvalue weighted by molar-refractivity contribution is 5.85. The molecule has 104 valence electrons. The third kappa shape index (κ3) is 2.16. The first kappa shape index (κ1) is 13.0. The van der Waals surface area contributed by atoms with E-state index in [0.717, 1.165) is 38.8 Å². The molecule has 0 radical (unpaired) electrons. The largest absolute Gasteiger partial charge is 0.341 e. The Balaban J connectivity index is 1.65. The van der Waals surface area contributed by atoms with Crippen LogP contribution in [0.5, 0.6) is 0 Å². The standard InChI is InChI=1S/C16H24N2O/c17-13-16(7-3-4-8-16)14(19)18-11-9-15(10-12-18)5-1-2-6-15/h1-12H2. The van der Waals surface area contributed by atoms with Crippen molar-refractivity contribution in [1.82, 2.24) is 4.90 Å². The normalized spacial score (nSPS) is 28.5. The summed E-state index contributed by atoms with van der Waals surface area (Å²) in [6.07, 6.45) is 11.4. The van der Waals surface area contributed by atoms with Crippen LogP contribution in [0.15, 0.2) is 0 Å². The van der Waals surface area contributed by atoms with Gasteiger partial charge in [-0.25, -0.2) is 0 Å². The highest BCUT2D eigenvalue weighted by Crippen LogP contribution is 2.47. The topological polar surface area (TPSA) is 44.1 Å². The van der Waals surface area contributed by atoms with E-state index in [-0.39, 0.29) is 5.91 Å². The number of nitrogens with zero attached hydrogens (tertiary/aromatic N) is 2. The molecule has 3 aliphatic rings. The van der Waals surface area contributed by atoms with Crippen LogP contribution in [0.2, 0.25) is 0 Å². The van der Waals surface area contributed by atoms with Crippen molar-refractivity contribution in [2.45, 2.75) is 64.2 Å². The van der Waals surface area contributed by atoms with E-state index >= 15 is 0 Å². The quantitative estimate of drug-likeness (QED) is 0.726. The second kappa shape index (κ2) is 4.81. The van der Waals surface area contributed by atoms with E-state index in [4.69, 9.17) is 0 Å². The van der Waals surface area contributed by atoms with Crippen molar-refractivity contribution in [3.05, 3.63) is 0 Å². The van der Waals surface area contributed by atoms with Gasteiger partial charge in [-0.15, -0.1) is 0 Å². The molecule has 19 heavy (non-hydrogen) atoms. The van der Waals surface area contributed by atoms with Gasteiger partial charge < -0.3 is 4.90 Å². The van der Waals surface area contributed by atoms with Crippen LogP contribution in [0.25, 0.3) is 0 Å². The molecule has 1 saturated heterocycles. The summed E-state index contributed by atoms with van der Waals surface area (Å²) < 4.78 is 0. The van der Waals surface area contributed by atoms with Gasteiger partial charge in [0.15, 0.2) is 0 Å². The fourth-order valence-corrected chi connectivity index (χ4v) is 4.46. The number of likely N-dealkylation sites (tertiary alicyclic amines) is 1. The van der Waals surface area contributed by atoms with Gasteiger partial charge in [0.05, 0.1) is 6.07 Å². The molecule has 0 atom stereocenters. The Morgan fingerprint density at radius 2 is 1.42 bits per heavy atom. The van der Waals surface area contributed by atoms with Crippen LogP contribution in [0.4, 0.5) is 0 Å². The van der Waals surface area contributed by atoms with E-state index in [1.807, 2.05) is 4.90 Å². The molecule has 0 aromatic heterocycles. The summed E-state index contributed by atoms with van der Waals surface area (Å²) in [6, 6.07) is 2.34. The molecule has 0 unspecified atom stereocenters. The first-order valence-corrected chi connectivity index (χ1v) is 7.91. The number of hydrogen-bond acceptors (Lipinski definition) is 2. The number of carbonyl (C=O) groups excluding carboxylic acids is 1. The van der Waals surface area contributed by atoms with Crippen LogP contribution in [0.3, 0.4) is 0 Å². The highest BCUT2D eigenvalue weighted by Gasteiger charge is 2.46. The van der Waals surface area contributed by atoms with Crippen LogP contribution < -0.4 is 0 Å². The number of rotatable bonds is 1. The Morgan fingerprint density at radius 1 is 0.895 bits per heavy atom. The molecule has 2 saturated carbocycles. The summed E-state index contributed by atoms with van der Waals surface area (Å²) >= 11 is 0. The maximum atomic E-state index is 12.7. The zero-order valence-electron chi connectivity index (χ0n) is 11.8. The predicted octanol–water partition coefficient (Wildman–Crippen LogP) is 3.25. The van der Waals surface area contributed by atoms with Gasteiger partial charge in [0.25, 0.3) is 0 Å². The summed E-state index contributed by atoms with van der Waals surface area (Å²) in [5.74, 6) is 0.139. The van der Waals surface area contributed by atoms with Gasteiger partial charge in [0.1, 0.15) is 5.41 Å². The van der Waals surface area contributed by atoms with Gasteiger partial charge in [-0.1, -0.05) is 25.7 Å². The second-order valence-corrected chi connectivity index (χ2v) is 6.90. The molecule has 0 N–H and O–H groups in total. The lowest BCUT2D eigenvalue weighted by atomic mass is 9.76. The van der Waals surface area contributed by atoms with Gasteiger partial charge in [-0.2, -0.15) is 5.26 Å². The molecule has 3 rings (SSSR count). The average Bonchev–Trinajstić information content (AvgIpc) is 3.09. The molecule has 1 amide bonds. The Kier molecular flexibility index (Phi) is 3.28. The number of nitriles is 1. The molecule has 2 aliphatic carbocycles. The lowest BCUT2D eigenvalue weighted by Gasteiger charge is -2.41. The van der Waals surface area contributed by atoms with Crippen molar-refractivity contribution in [2.24, 2.45) is 10.8 Å². The van der Waals surface area contributed by atoms with E-state index in [0.29, 0.717) is 5.41 Å². The van der Waals surface area contributed by atoms with Crippen molar-refractivity contribution in [1.29, 1.82) is 5.26 Å². The van der Waals surface area contributed by atoms with Crippen LogP contribution in [0, 0.1) is 22.2 Å². The van der Waals surface area contributed by atoms with E-state index in [2.05, 4.69) is 6.07 Å². The van der Waals surface area contributed by atoms with E-state index in [1.165, 1.54) is 38.5 Å². The fraction of sp³-hybridized carbons (Fsp3) is 0.875. The van der Waals surface area contributed by atoms with Crippen molar-refractivity contribution in [3.8, 4) is 6.07 Å². The molecule has 0 aromatic rings. The predicted molar refractivity (Wildman–Crippen MR) is 73.2 cm³/mol. The SMILES string of the molecule is N#CC1(C(=O)N2CCC3(CCCC3)CC2)CCCC1. The Labute approximate surface area is 116 Å². The van der Waals surface area contributed by atoms with Crippen LogP contribution in [-0.4, -0.2) is 23.9 Å². The van der Waals surface area contributed by atoms with Gasteiger partial charge in [0.2, 0.25) is 5.91 Å². The van der Waals surface area contributed by atoms with Crippen molar-refractivity contribution < 1.29 is 4.79 Å². The third-order valence-electron chi connectivity index (χ3n) is 5.86. The maximum absolute atomic E-state index is 12.7. The molecule has 0 bridgehead atoms. The highest BCUT2D eigenvalue weighted by atomic mass is 16.2. The minimum atomic E-state index is -0.666. The molecule has 3 nitrogen and oxygen atoms in total. The van der Waals surface area contributed by atoms with Gasteiger partial charge in [-0.3, -0.25) is 4.79 Å². The van der Waals surface area contributed by atoms with Crippen LogP contribution in [-0.2, 0) is 4.79 Å². The average molecular weight is 260 g/mol. The third-order valence-corrected chi connectivity index (χ3v) is 5.86. The molecule has 1 aliphatic heterocycles. The van der Waals surface area contributed by atoms with Crippen LogP contribution >= 0.6 is 0 Å². The summed E-state index contributed by atoms with van der Waals surface area (Å²) in [6.45, 7) is 1.78. The molecule has 0 aromatic carbocycles. The smallest absolute Gasteiger partial charge is 0.243 e.